The Balaban J connectivity index is 2.13. The molecule has 0 bridgehead atoms. The molecule has 3 atom stereocenters. The maximum absolute atomic E-state index is 6.38. The Labute approximate surface area is 104 Å². The quantitative estimate of drug-likeness (QED) is 0.882. The Morgan fingerprint density at radius 2 is 2.13 bits per heavy atom. The number of aryl methyl sites for hydroxylation is 1. The van der Waals surface area contributed by atoms with Crippen molar-refractivity contribution in [2.45, 2.75) is 30.4 Å². The summed E-state index contributed by atoms with van der Waals surface area (Å²) < 4.78 is 0. The molecule has 84 valence electrons. The highest BCUT2D eigenvalue weighted by atomic mass is 32.2. The van der Waals surface area contributed by atoms with Crippen LogP contribution in [0.1, 0.15) is 23.4 Å². The van der Waals surface area contributed by atoms with Gasteiger partial charge in [-0.05, 0) is 23.9 Å². The van der Waals surface area contributed by atoms with Crippen molar-refractivity contribution in [1.29, 1.82) is 0 Å². The van der Waals surface area contributed by atoms with E-state index in [1.54, 1.807) is 11.3 Å². The topological polar surface area (TPSA) is 26.0 Å². The summed E-state index contributed by atoms with van der Waals surface area (Å²) >= 11 is 5.91. The summed E-state index contributed by atoms with van der Waals surface area (Å²) in [6, 6.07) is 2.40. The number of hydrogen-bond donors (Lipinski definition) is 1. The molecule has 2 rings (SSSR count). The minimum absolute atomic E-state index is 0.212. The van der Waals surface area contributed by atoms with Crippen LogP contribution in [0.15, 0.2) is 11.4 Å². The van der Waals surface area contributed by atoms with E-state index in [1.807, 2.05) is 11.8 Å². The molecule has 0 spiro atoms. The molecule has 1 fully saturated rings. The molecule has 0 saturated carbocycles. The summed E-state index contributed by atoms with van der Waals surface area (Å²) in [5.74, 6) is 2.52. The zero-order valence-electron chi connectivity index (χ0n) is 9.10. The number of hydrogen-bond acceptors (Lipinski definition) is 4. The Morgan fingerprint density at radius 1 is 1.40 bits per heavy atom. The lowest BCUT2D eigenvalue weighted by Gasteiger charge is -2.32. The molecule has 1 aliphatic heterocycles. The van der Waals surface area contributed by atoms with Crippen LogP contribution >= 0.6 is 34.9 Å². The standard InChI is InChI=1S/C11H17NS3/c1-7-9(3-4-13-7)10(12)11-8(2)14-5-6-15-11/h3-4,8,10-11H,5-6,12H2,1-2H3. The van der Waals surface area contributed by atoms with Gasteiger partial charge < -0.3 is 5.73 Å². The van der Waals surface area contributed by atoms with Crippen LogP contribution in [0.5, 0.6) is 0 Å². The van der Waals surface area contributed by atoms with Gasteiger partial charge in [-0.2, -0.15) is 23.5 Å². The first-order valence-corrected chi connectivity index (χ1v) is 8.20. The van der Waals surface area contributed by atoms with E-state index in [-0.39, 0.29) is 6.04 Å². The molecular formula is C11H17NS3. The van der Waals surface area contributed by atoms with Gasteiger partial charge in [0, 0.05) is 32.9 Å². The molecule has 3 unspecified atom stereocenters. The predicted octanol–water partition coefficient (Wildman–Crippen LogP) is 3.29. The summed E-state index contributed by atoms with van der Waals surface area (Å²) in [4.78, 5) is 1.38. The third-order valence-electron chi connectivity index (χ3n) is 2.85. The SMILES string of the molecule is Cc1sccc1C(N)C1SCCSC1C. The summed E-state index contributed by atoms with van der Waals surface area (Å²) in [5, 5.41) is 3.41. The van der Waals surface area contributed by atoms with Gasteiger partial charge in [-0.3, -0.25) is 0 Å². The molecule has 0 amide bonds. The first-order valence-electron chi connectivity index (χ1n) is 5.23. The molecular weight excluding hydrogens is 242 g/mol. The van der Waals surface area contributed by atoms with Gasteiger partial charge in [0.2, 0.25) is 0 Å². The van der Waals surface area contributed by atoms with Crippen LogP contribution in [0.4, 0.5) is 0 Å². The minimum atomic E-state index is 0.212. The van der Waals surface area contributed by atoms with E-state index in [4.69, 9.17) is 5.73 Å². The highest BCUT2D eigenvalue weighted by molar-refractivity contribution is 8.07. The number of thiophene rings is 1. The zero-order valence-corrected chi connectivity index (χ0v) is 11.6. The molecule has 2 heterocycles. The predicted molar refractivity (Wildman–Crippen MR) is 74.2 cm³/mol. The molecule has 1 nitrogen and oxygen atoms in total. The van der Waals surface area contributed by atoms with Gasteiger partial charge in [-0.25, -0.2) is 0 Å². The minimum Gasteiger partial charge on any atom is -0.323 e. The van der Waals surface area contributed by atoms with Crippen LogP contribution < -0.4 is 5.73 Å². The van der Waals surface area contributed by atoms with E-state index in [2.05, 4.69) is 37.1 Å². The average Bonchev–Trinajstić information content (AvgIpc) is 2.64. The van der Waals surface area contributed by atoms with Crippen LogP contribution in [-0.4, -0.2) is 22.0 Å². The van der Waals surface area contributed by atoms with Crippen molar-refractivity contribution >= 4 is 34.9 Å². The number of thioether (sulfide) groups is 2. The molecule has 1 aromatic rings. The van der Waals surface area contributed by atoms with E-state index in [1.165, 1.54) is 21.9 Å². The summed E-state index contributed by atoms with van der Waals surface area (Å²) in [6.45, 7) is 4.48. The van der Waals surface area contributed by atoms with Gasteiger partial charge in [0.05, 0.1) is 0 Å². The van der Waals surface area contributed by atoms with Crippen molar-refractivity contribution in [2.24, 2.45) is 5.73 Å². The molecule has 0 aromatic carbocycles. The van der Waals surface area contributed by atoms with Crippen LogP contribution in [0.2, 0.25) is 0 Å². The fraction of sp³-hybridized carbons (Fsp3) is 0.636. The van der Waals surface area contributed by atoms with E-state index in [0.29, 0.717) is 10.5 Å². The first kappa shape index (κ1) is 11.8. The fourth-order valence-corrected chi connectivity index (χ4v) is 5.59. The molecule has 1 saturated heterocycles. The third kappa shape index (κ3) is 2.54. The second kappa shape index (κ2) is 5.13. The van der Waals surface area contributed by atoms with E-state index >= 15 is 0 Å². The summed E-state index contributed by atoms with van der Waals surface area (Å²) in [7, 11) is 0. The van der Waals surface area contributed by atoms with Gasteiger partial charge in [-0.1, -0.05) is 6.92 Å². The second-order valence-corrected chi connectivity index (χ2v) is 7.76. The Kier molecular flexibility index (Phi) is 4.04. The average molecular weight is 259 g/mol. The van der Waals surface area contributed by atoms with Gasteiger partial charge in [0.15, 0.2) is 0 Å². The first-order chi connectivity index (χ1) is 7.20. The summed E-state index contributed by atoms with van der Waals surface area (Å²) in [6.07, 6.45) is 0. The molecule has 2 N–H and O–H groups in total. The van der Waals surface area contributed by atoms with Crippen molar-refractivity contribution in [3.05, 3.63) is 21.9 Å². The highest BCUT2D eigenvalue weighted by Gasteiger charge is 2.29. The van der Waals surface area contributed by atoms with Crippen LogP contribution in [0.25, 0.3) is 0 Å². The van der Waals surface area contributed by atoms with Gasteiger partial charge >= 0.3 is 0 Å². The van der Waals surface area contributed by atoms with Crippen LogP contribution in [0.3, 0.4) is 0 Å². The van der Waals surface area contributed by atoms with Crippen molar-refractivity contribution in [1.82, 2.24) is 0 Å². The van der Waals surface area contributed by atoms with Gasteiger partial charge in [-0.15, -0.1) is 11.3 Å². The van der Waals surface area contributed by atoms with Crippen molar-refractivity contribution in [3.8, 4) is 0 Å². The monoisotopic (exact) mass is 259 g/mol. The van der Waals surface area contributed by atoms with Gasteiger partial charge in [0.25, 0.3) is 0 Å². The molecule has 0 radical (unpaired) electrons. The van der Waals surface area contributed by atoms with Crippen molar-refractivity contribution in [2.75, 3.05) is 11.5 Å². The molecule has 15 heavy (non-hydrogen) atoms. The Bertz CT molecular complexity index is 323. The van der Waals surface area contributed by atoms with Crippen LogP contribution in [-0.2, 0) is 0 Å². The Hall–Kier alpha value is 0.360. The van der Waals surface area contributed by atoms with Crippen LogP contribution in [0, 0.1) is 6.92 Å². The van der Waals surface area contributed by atoms with E-state index in [0.717, 1.165) is 0 Å². The molecule has 1 aliphatic rings. The number of rotatable bonds is 2. The maximum atomic E-state index is 6.38. The lowest BCUT2D eigenvalue weighted by atomic mass is 10.0. The smallest absolute Gasteiger partial charge is 0.0437 e. The maximum Gasteiger partial charge on any atom is 0.0437 e. The van der Waals surface area contributed by atoms with E-state index < -0.39 is 0 Å². The zero-order chi connectivity index (χ0) is 10.8. The molecule has 0 aliphatic carbocycles. The normalized spacial score (nSPS) is 29.0. The van der Waals surface area contributed by atoms with E-state index in [9.17, 15) is 0 Å². The highest BCUT2D eigenvalue weighted by Crippen LogP contribution is 2.38. The summed E-state index contributed by atoms with van der Waals surface area (Å²) in [5.41, 5.74) is 7.73. The second-order valence-electron chi connectivity index (χ2n) is 3.87. The molecule has 1 aromatic heterocycles. The van der Waals surface area contributed by atoms with Gasteiger partial charge in [0.1, 0.15) is 0 Å². The van der Waals surface area contributed by atoms with Crippen molar-refractivity contribution in [3.63, 3.8) is 0 Å². The largest absolute Gasteiger partial charge is 0.323 e. The number of nitrogens with two attached hydrogens (primary N) is 1. The lowest BCUT2D eigenvalue weighted by Crippen LogP contribution is -2.34. The molecule has 4 heteroatoms. The lowest BCUT2D eigenvalue weighted by molar-refractivity contribution is 0.663. The Morgan fingerprint density at radius 3 is 2.73 bits per heavy atom. The fourth-order valence-electron chi connectivity index (χ4n) is 1.96. The third-order valence-corrected chi connectivity index (χ3v) is 6.93. The van der Waals surface area contributed by atoms with Crippen molar-refractivity contribution < 1.29 is 0 Å².